The van der Waals surface area contributed by atoms with Gasteiger partial charge in [0.1, 0.15) is 10.9 Å². The van der Waals surface area contributed by atoms with Gasteiger partial charge in [0.15, 0.2) is 0 Å². The highest BCUT2D eigenvalue weighted by Gasteiger charge is 2.31. The number of benzene rings is 1. The quantitative estimate of drug-likeness (QED) is 0.725. The molecule has 0 aliphatic rings. The Hall–Kier alpha value is -1.75. The summed E-state index contributed by atoms with van der Waals surface area (Å²) >= 11 is 5.69. The van der Waals surface area contributed by atoms with Crippen molar-refractivity contribution in [1.82, 2.24) is 4.98 Å². The second-order valence-electron chi connectivity index (χ2n) is 4.76. The third-order valence-corrected chi connectivity index (χ3v) is 2.82. The summed E-state index contributed by atoms with van der Waals surface area (Å²) in [7, 11) is 0. The molecule has 0 bridgehead atoms. The van der Waals surface area contributed by atoms with Crippen molar-refractivity contribution in [3.8, 4) is 17.0 Å². The fourth-order valence-electron chi connectivity index (χ4n) is 1.81. The SMILES string of the molecule is CC(C)Oc1cccc(-c2cc(C(F)(F)F)cc(Cl)n2)c1. The number of hydrogen-bond acceptors (Lipinski definition) is 2. The van der Waals surface area contributed by atoms with Crippen molar-refractivity contribution in [1.29, 1.82) is 0 Å². The van der Waals surface area contributed by atoms with Gasteiger partial charge in [-0.3, -0.25) is 0 Å². The molecule has 0 saturated heterocycles. The first-order valence-corrected chi connectivity index (χ1v) is 6.65. The molecule has 0 amide bonds. The van der Waals surface area contributed by atoms with Crippen LogP contribution in [0.4, 0.5) is 13.2 Å². The maximum absolute atomic E-state index is 12.8. The molecule has 1 aromatic carbocycles. The second kappa shape index (κ2) is 5.93. The van der Waals surface area contributed by atoms with E-state index >= 15 is 0 Å². The Balaban J connectivity index is 2.44. The van der Waals surface area contributed by atoms with Gasteiger partial charge in [-0.05, 0) is 38.1 Å². The molecular formula is C15H13ClF3NO. The Labute approximate surface area is 125 Å². The molecule has 0 fully saturated rings. The Kier molecular flexibility index (Phi) is 4.42. The zero-order valence-electron chi connectivity index (χ0n) is 11.4. The predicted octanol–water partition coefficient (Wildman–Crippen LogP) is 5.21. The molecule has 0 unspecified atom stereocenters. The number of alkyl halides is 3. The maximum atomic E-state index is 12.8. The van der Waals surface area contributed by atoms with Crippen LogP contribution in [-0.4, -0.2) is 11.1 Å². The van der Waals surface area contributed by atoms with Gasteiger partial charge in [0, 0.05) is 5.56 Å². The highest BCUT2D eigenvalue weighted by Crippen LogP contribution is 2.33. The molecule has 0 aliphatic heterocycles. The van der Waals surface area contributed by atoms with Gasteiger partial charge in [0.2, 0.25) is 0 Å². The summed E-state index contributed by atoms with van der Waals surface area (Å²) in [6.07, 6.45) is -4.49. The summed E-state index contributed by atoms with van der Waals surface area (Å²) in [4.78, 5) is 3.95. The van der Waals surface area contributed by atoms with E-state index in [2.05, 4.69) is 4.98 Å². The Morgan fingerprint density at radius 1 is 1.14 bits per heavy atom. The third-order valence-electron chi connectivity index (χ3n) is 2.62. The number of ether oxygens (including phenoxy) is 1. The van der Waals surface area contributed by atoms with Crippen LogP contribution < -0.4 is 4.74 Å². The van der Waals surface area contributed by atoms with Crippen molar-refractivity contribution >= 4 is 11.6 Å². The average Bonchev–Trinajstić information content (AvgIpc) is 2.36. The van der Waals surface area contributed by atoms with E-state index in [1.807, 2.05) is 13.8 Å². The number of rotatable bonds is 3. The largest absolute Gasteiger partial charge is 0.491 e. The van der Waals surface area contributed by atoms with Crippen molar-refractivity contribution in [3.63, 3.8) is 0 Å². The lowest BCUT2D eigenvalue weighted by atomic mass is 10.1. The van der Waals surface area contributed by atoms with Crippen LogP contribution in [0.25, 0.3) is 11.3 Å². The van der Waals surface area contributed by atoms with Gasteiger partial charge < -0.3 is 4.74 Å². The van der Waals surface area contributed by atoms with E-state index in [-0.39, 0.29) is 17.0 Å². The van der Waals surface area contributed by atoms with Crippen LogP contribution >= 0.6 is 11.6 Å². The fourth-order valence-corrected chi connectivity index (χ4v) is 2.02. The number of aromatic nitrogens is 1. The van der Waals surface area contributed by atoms with Gasteiger partial charge in [-0.15, -0.1) is 0 Å². The first kappa shape index (κ1) is 15.6. The molecule has 21 heavy (non-hydrogen) atoms. The molecule has 1 heterocycles. The standard InChI is InChI=1S/C15H13ClF3NO/c1-9(2)21-12-5-3-4-10(6-12)13-7-11(15(17,18)19)8-14(16)20-13/h3-9H,1-2H3. The molecule has 2 aromatic rings. The van der Waals surface area contributed by atoms with E-state index < -0.39 is 11.7 Å². The first-order chi connectivity index (χ1) is 9.75. The highest BCUT2D eigenvalue weighted by atomic mass is 35.5. The minimum Gasteiger partial charge on any atom is -0.491 e. The van der Waals surface area contributed by atoms with Gasteiger partial charge >= 0.3 is 6.18 Å². The van der Waals surface area contributed by atoms with Crippen LogP contribution in [0.15, 0.2) is 36.4 Å². The van der Waals surface area contributed by atoms with Crippen LogP contribution in [-0.2, 0) is 6.18 Å². The number of halogens is 4. The zero-order valence-corrected chi connectivity index (χ0v) is 12.2. The van der Waals surface area contributed by atoms with Crippen LogP contribution in [0.2, 0.25) is 5.15 Å². The highest BCUT2D eigenvalue weighted by molar-refractivity contribution is 6.29. The molecular weight excluding hydrogens is 303 g/mol. The lowest BCUT2D eigenvalue weighted by Gasteiger charge is -2.12. The van der Waals surface area contributed by atoms with E-state index in [0.717, 1.165) is 12.1 Å². The van der Waals surface area contributed by atoms with E-state index in [4.69, 9.17) is 16.3 Å². The number of hydrogen-bond donors (Lipinski definition) is 0. The summed E-state index contributed by atoms with van der Waals surface area (Å²) < 4.78 is 43.9. The van der Waals surface area contributed by atoms with Crippen LogP contribution in [0, 0.1) is 0 Å². The smallest absolute Gasteiger partial charge is 0.416 e. The first-order valence-electron chi connectivity index (χ1n) is 6.27. The van der Waals surface area contributed by atoms with Crippen molar-refractivity contribution in [2.24, 2.45) is 0 Å². The van der Waals surface area contributed by atoms with E-state index in [0.29, 0.717) is 11.3 Å². The molecule has 0 aliphatic carbocycles. The molecule has 0 N–H and O–H groups in total. The van der Waals surface area contributed by atoms with Crippen molar-refractivity contribution < 1.29 is 17.9 Å². The van der Waals surface area contributed by atoms with Gasteiger partial charge in [0.05, 0.1) is 17.4 Å². The predicted molar refractivity (Wildman–Crippen MR) is 75.4 cm³/mol. The van der Waals surface area contributed by atoms with Gasteiger partial charge in [0.25, 0.3) is 0 Å². The molecule has 6 heteroatoms. The third kappa shape index (κ3) is 4.11. The Morgan fingerprint density at radius 3 is 2.48 bits per heavy atom. The molecule has 0 radical (unpaired) electrons. The molecule has 0 spiro atoms. The van der Waals surface area contributed by atoms with Gasteiger partial charge in [-0.25, -0.2) is 4.98 Å². The lowest BCUT2D eigenvalue weighted by molar-refractivity contribution is -0.137. The summed E-state index contributed by atoms with van der Waals surface area (Å²) in [5.41, 5.74) is -0.155. The summed E-state index contributed by atoms with van der Waals surface area (Å²) in [5, 5.41) is -0.199. The topological polar surface area (TPSA) is 22.1 Å². The molecule has 1 aromatic heterocycles. The second-order valence-corrected chi connectivity index (χ2v) is 5.14. The van der Waals surface area contributed by atoms with Crippen LogP contribution in [0.1, 0.15) is 19.4 Å². The molecule has 2 rings (SSSR count). The van der Waals surface area contributed by atoms with Crippen LogP contribution in [0.5, 0.6) is 5.75 Å². The van der Waals surface area contributed by atoms with Gasteiger partial charge in [-0.1, -0.05) is 23.7 Å². The minimum atomic E-state index is -4.46. The van der Waals surface area contributed by atoms with Crippen LogP contribution in [0.3, 0.4) is 0 Å². The summed E-state index contributed by atoms with van der Waals surface area (Å²) in [6, 6.07) is 8.51. The monoisotopic (exact) mass is 315 g/mol. The molecule has 2 nitrogen and oxygen atoms in total. The number of pyridine rings is 1. The summed E-state index contributed by atoms with van der Waals surface area (Å²) in [5.74, 6) is 0.567. The van der Waals surface area contributed by atoms with Crippen molar-refractivity contribution in [3.05, 3.63) is 47.1 Å². The number of nitrogens with zero attached hydrogens (tertiary/aromatic N) is 1. The van der Waals surface area contributed by atoms with E-state index in [1.54, 1.807) is 24.3 Å². The minimum absolute atomic E-state index is 0.0293. The normalized spacial score (nSPS) is 11.8. The van der Waals surface area contributed by atoms with Gasteiger partial charge in [-0.2, -0.15) is 13.2 Å². The van der Waals surface area contributed by atoms with E-state index in [9.17, 15) is 13.2 Å². The maximum Gasteiger partial charge on any atom is 0.416 e. The summed E-state index contributed by atoms with van der Waals surface area (Å²) in [6.45, 7) is 3.73. The average molecular weight is 316 g/mol. The van der Waals surface area contributed by atoms with E-state index in [1.165, 1.54) is 0 Å². The molecule has 0 saturated carbocycles. The lowest BCUT2D eigenvalue weighted by Crippen LogP contribution is -2.06. The van der Waals surface area contributed by atoms with Crippen molar-refractivity contribution in [2.45, 2.75) is 26.1 Å². The fraction of sp³-hybridized carbons (Fsp3) is 0.267. The van der Waals surface area contributed by atoms with Crippen molar-refractivity contribution in [2.75, 3.05) is 0 Å². The molecule has 112 valence electrons. The Morgan fingerprint density at radius 2 is 1.86 bits per heavy atom. The Bertz CT molecular complexity index is 641. The molecule has 0 atom stereocenters. The zero-order chi connectivity index (χ0) is 15.6.